The van der Waals surface area contributed by atoms with Crippen molar-refractivity contribution in [3.8, 4) is 33.4 Å². The zero-order valence-corrected chi connectivity index (χ0v) is 45.2. The normalized spacial score (nSPS) is 15.7. The minimum atomic E-state index is -0.194. The molecule has 0 unspecified atom stereocenters. The summed E-state index contributed by atoms with van der Waals surface area (Å²) in [4.78, 5) is 5.30. The lowest BCUT2D eigenvalue weighted by atomic mass is 9.36. The number of anilines is 6. The van der Waals surface area contributed by atoms with Gasteiger partial charge in [0.15, 0.2) is 0 Å². The molecule has 0 bridgehead atoms. The first-order valence-corrected chi connectivity index (χ1v) is 27.0. The summed E-state index contributed by atoms with van der Waals surface area (Å²) in [5.74, 6) is 0. The van der Waals surface area contributed by atoms with Crippen molar-refractivity contribution in [3.63, 3.8) is 0 Å². The van der Waals surface area contributed by atoms with E-state index in [9.17, 15) is 0 Å². The van der Waals surface area contributed by atoms with Gasteiger partial charge in [-0.05, 0) is 154 Å². The SMILES string of the molecule is CC(C)(C)c1ccc(N2c3ccc(C(C)(C)C)cc3B3c4sc5cc6c(cc5c4N(c4ccc(C(C)(C)C)cc4)c4cc(-c5cccc7c5C(C)(C)c5ccccc5-7)cc2c43)-c2ccccc2C6(C)C)cc1. The Morgan fingerprint density at radius 3 is 1.56 bits per heavy atom. The van der Waals surface area contributed by atoms with E-state index in [0.29, 0.717) is 0 Å². The van der Waals surface area contributed by atoms with Crippen molar-refractivity contribution in [2.75, 3.05) is 9.80 Å². The number of nitrogens with zero attached hydrogens (tertiary/aromatic N) is 2. The van der Waals surface area contributed by atoms with Gasteiger partial charge in [0, 0.05) is 54.1 Å². The van der Waals surface area contributed by atoms with E-state index in [4.69, 9.17) is 0 Å². The van der Waals surface area contributed by atoms with E-state index in [1.807, 2.05) is 11.3 Å². The molecule has 2 aliphatic heterocycles. The highest BCUT2D eigenvalue weighted by molar-refractivity contribution is 7.33. The predicted molar refractivity (Wildman–Crippen MR) is 313 cm³/mol. The van der Waals surface area contributed by atoms with Gasteiger partial charge >= 0.3 is 0 Å². The molecule has 9 aromatic rings. The average Bonchev–Trinajstić information content (AvgIpc) is 3.91. The Labute approximate surface area is 432 Å². The van der Waals surface area contributed by atoms with Crippen LogP contribution < -0.4 is 25.5 Å². The maximum Gasteiger partial charge on any atom is 0.264 e. The second-order valence-corrected chi connectivity index (χ2v) is 26.5. The van der Waals surface area contributed by atoms with Crippen LogP contribution in [0, 0.1) is 0 Å². The number of fused-ring (bicyclic) bond motifs is 12. The third kappa shape index (κ3) is 6.40. The van der Waals surface area contributed by atoms with Crippen LogP contribution in [0.15, 0.2) is 158 Å². The molecule has 3 heterocycles. The van der Waals surface area contributed by atoms with Crippen molar-refractivity contribution in [1.29, 1.82) is 0 Å². The average molecular weight is 953 g/mol. The lowest BCUT2D eigenvalue weighted by molar-refractivity contribution is 0.590. The summed E-state index contributed by atoms with van der Waals surface area (Å²) in [6.07, 6.45) is 0. The maximum atomic E-state index is 2.68. The number of rotatable bonds is 3. The minimum Gasteiger partial charge on any atom is -0.311 e. The summed E-state index contributed by atoms with van der Waals surface area (Å²) >= 11 is 2.02. The Bertz CT molecular complexity index is 3750. The van der Waals surface area contributed by atoms with Crippen LogP contribution in [0.1, 0.15) is 129 Å². The van der Waals surface area contributed by atoms with Gasteiger partial charge in [-0.1, -0.05) is 193 Å². The molecule has 0 saturated heterocycles. The molecule has 356 valence electrons. The standard InChI is InChI=1S/C68H65BN2S/c1-64(2,3)41-25-30-44(31-26-41)70-56-34-29-43(66(7,8)9)37-55(56)69-61-57(70)35-40(46-21-18-22-49-47-19-14-17-24-53(47)68(12,13)60(46)49)36-58(61)71(45-32-27-42(28-33-45)65(4,5)6)62-51-38-50-48-20-15-16-23-52(48)67(10,11)54(50)39-59(51)72-63(62)69/h14-39H,1-13H3. The third-order valence-electron chi connectivity index (χ3n) is 17.1. The highest BCUT2D eigenvalue weighted by atomic mass is 32.1. The van der Waals surface area contributed by atoms with Crippen LogP contribution in [-0.2, 0) is 27.1 Å². The second kappa shape index (κ2) is 15.0. The van der Waals surface area contributed by atoms with Crippen molar-refractivity contribution >= 4 is 78.0 Å². The molecule has 0 radical (unpaired) electrons. The third-order valence-corrected chi connectivity index (χ3v) is 18.3. The highest BCUT2D eigenvalue weighted by Crippen LogP contribution is 2.57. The minimum absolute atomic E-state index is 0.00117. The van der Waals surface area contributed by atoms with E-state index in [0.717, 1.165) is 0 Å². The van der Waals surface area contributed by atoms with Crippen molar-refractivity contribution in [3.05, 3.63) is 197 Å². The summed E-state index contributed by atoms with van der Waals surface area (Å²) in [6.45, 7) is 30.7. The van der Waals surface area contributed by atoms with Crippen LogP contribution in [0.2, 0.25) is 0 Å². The van der Waals surface area contributed by atoms with Crippen LogP contribution in [0.3, 0.4) is 0 Å². The van der Waals surface area contributed by atoms with E-state index in [-0.39, 0.29) is 33.8 Å². The van der Waals surface area contributed by atoms with Crippen LogP contribution in [0.4, 0.5) is 34.1 Å². The molecule has 2 aliphatic carbocycles. The van der Waals surface area contributed by atoms with Crippen LogP contribution in [-0.4, -0.2) is 6.71 Å². The van der Waals surface area contributed by atoms with Gasteiger partial charge < -0.3 is 9.80 Å². The van der Waals surface area contributed by atoms with Crippen molar-refractivity contribution < 1.29 is 0 Å². The van der Waals surface area contributed by atoms with E-state index in [1.165, 1.54) is 132 Å². The summed E-state index contributed by atoms with van der Waals surface area (Å²) in [5.41, 5.74) is 27.4. The summed E-state index contributed by atoms with van der Waals surface area (Å²) in [7, 11) is 0. The summed E-state index contributed by atoms with van der Waals surface area (Å²) < 4.78 is 2.76. The van der Waals surface area contributed by atoms with Crippen molar-refractivity contribution in [2.45, 2.75) is 117 Å². The van der Waals surface area contributed by atoms with Gasteiger partial charge in [0.1, 0.15) is 0 Å². The number of thiophene rings is 1. The first-order chi connectivity index (χ1) is 34.1. The molecule has 0 atom stereocenters. The number of hydrogen-bond donors (Lipinski definition) is 0. The molecule has 0 saturated carbocycles. The Kier molecular flexibility index (Phi) is 9.42. The Morgan fingerprint density at radius 2 is 0.944 bits per heavy atom. The smallest absolute Gasteiger partial charge is 0.264 e. The van der Waals surface area contributed by atoms with Gasteiger partial charge in [-0.3, -0.25) is 0 Å². The Balaban J connectivity index is 1.17. The Morgan fingerprint density at radius 1 is 0.431 bits per heavy atom. The molecule has 72 heavy (non-hydrogen) atoms. The molecular weight excluding hydrogens is 888 g/mol. The van der Waals surface area contributed by atoms with Crippen molar-refractivity contribution in [1.82, 2.24) is 0 Å². The predicted octanol–water partition coefficient (Wildman–Crippen LogP) is 17.2. The number of hydrogen-bond acceptors (Lipinski definition) is 3. The lowest BCUT2D eigenvalue weighted by Gasteiger charge is -2.44. The maximum absolute atomic E-state index is 2.68. The molecule has 13 rings (SSSR count). The Hall–Kier alpha value is -6.62. The molecule has 0 N–H and O–H groups in total. The lowest BCUT2D eigenvalue weighted by Crippen LogP contribution is -2.60. The molecule has 0 fully saturated rings. The first-order valence-electron chi connectivity index (χ1n) is 26.2. The molecular formula is C68H65BN2S. The molecule has 0 spiro atoms. The fourth-order valence-corrected chi connectivity index (χ4v) is 14.5. The fraction of sp³-hybridized carbons (Fsp3) is 0.265. The molecule has 0 amide bonds. The van der Waals surface area contributed by atoms with Crippen LogP contribution in [0.5, 0.6) is 0 Å². The van der Waals surface area contributed by atoms with Gasteiger partial charge in [-0.25, -0.2) is 0 Å². The van der Waals surface area contributed by atoms with E-state index in [2.05, 4.69) is 258 Å². The van der Waals surface area contributed by atoms with Crippen LogP contribution in [0.25, 0.3) is 43.5 Å². The first kappa shape index (κ1) is 45.3. The van der Waals surface area contributed by atoms with Gasteiger partial charge in [-0.15, -0.1) is 11.3 Å². The topological polar surface area (TPSA) is 6.48 Å². The van der Waals surface area contributed by atoms with Gasteiger partial charge in [0.2, 0.25) is 0 Å². The van der Waals surface area contributed by atoms with Gasteiger partial charge in [-0.2, -0.15) is 0 Å². The highest BCUT2D eigenvalue weighted by Gasteiger charge is 2.47. The zero-order chi connectivity index (χ0) is 50.2. The summed E-state index contributed by atoms with van der Waals surface area (Å²) in [5, 5.41) is 1.32. The van der Waals surface area contributed by atoms with Gasteiger partial charge in [0.25, 0.3) is 6.71 Å². The second-order valence-electron chi connectivity index (χ2n) is 25.4. The van der Waals surface area contributed by atoms with Gasteiger partial charge in [0.05, 0.1) is 5.69 Å². The monoisotopic (exact) mass is 952 g/mol. The molecule has 1 aromatic heterocycles. The molecule has 4 heteroatoms. The van der Waals surface area contributed by atoms with Crippen LogP contribution >= 0.6 is 11.3 Å². The zero-order valence-electron chi connectivity index (χ0n) is 44.4. The molecule has 8 aromatic carbocycles. The van der Waals surface area contributed by atoms with E-state index >= 15 is 0 Å². The largest absolute Gasteiger partial charge is 0.311 e. The number of benzene rings is 8. The molecule has 4 aliphatic rings. The van der Waals surface area contributed by atoms with E-state index < -0.39 is 0 Å². The quantitative estimate of drug-likeness (QED) is 0.163. The van der Waals surface area contributed by atoms with Crippen molar-refractivity contribution in [2.24, 2.45) is 0 Å². The molecule has 2 nitrogen and oxygen atoms in total. The van der Waals surface area contributed by atoms with E-state index in [1.54, 1.807) is 0 Å². The fourth-order valence-electron chi connectivity index (χ4n) is 13.2. The summed E-state index contributed by atoms with van der Waals surface area (Å²) in [6, 6.07) is 61.9.